The summed E-state index contributed by atoms with van der Waals surface area (Å²) in [4.78, 5) is 7.84. The Morgan fingerprint density at radius 3 is 3.00 bits per heavy atom. The van der Waals surface area contributed by atoms with Gasteiger partial charge < -0.3 is 20.5 Å². The van der Waals surface area contributed by atoms with E-state index >= 15 is 0 Å². The van der Waals surface area contributed by atoms with Crippen molar-refractivity contribution in [3.05, 3.63) is 12.0 Å². The van der Waals surface area contributed by atoms with Crippen LogP contribution in [0.4, 0.5) is 16.2 Å². The third-order valence-corrected chi connectivity index (χ3v) is 3.30. The predicted molar refractivity (Wildman–Crippen MR) is 69.6 cm³/mol. The van der Waals surface area contributed by atoms with E-state index < -0.39 is 11.4 Å². The van der Waals surface area contributed by atoms with Crippen LogP contribution in [-0.4, -0.2) is 46.5 Å². The molecule has 1 aromatic rings. The lowest BCUT2D eigenvalue weighted by Gasteiger charge is -2.26. The second-order valence-corrected chi connectivity index (χ2v) is 4.64. The highest BCUT2D eigenvalue weighted by atomic mass is 19.1. The number of ether oxygens (including phenoxy) is 1. The monoisotopic (exact) mass is 270 g/mol. The highest BCUT2D eigenvalue weighted by Gasteiger charge is 2.39. The van der Waals surface area contributed by atoms with E-state index in [2.05, 4.69) is 20.6 Å². The average molecular weight is 270 g/mol. The van der Waals surface area contributed by atoms with Gasteiger partial charge in [-0.1, -0.05) is 0 Å². The molecule has 0 saturated carbocycles. The SMILES string of the molecule is CCNc1ncc(F)c(NCC2(O)CCOC2C)n1. The maximum atomic E-state index is 13.6. The molecule has 0 spiro atoms. The molecule has 1 aliphatic heterocycles. The number of aromatic nitrogens is 2. The van der Waals surface area contributed by atoms with Gasteiger partial charge in [0.25, 0.3) is 0 Å². The van der Waals surface area contributed by atoms with Crippen LogP contribution in [0.1, 0.15) is 20.3 Å². The highest BCUT2D eigenvalue weighted by molar-refractivity contribution is 5.41. The summed E-state index contributed by atoms with van der Waals surface area (Å²) in [5.41, 5.74) is -0.990. The summed E-state index contributed by atoms with van der Waals surface area (Å²) in [6.07, 6.45) is 1.35. The second kappa shape index (κ2) is 5.66. The maximum absolute atomic E-state index is 13.6. The van der Waals surface area contributed by atoms with E-state index in [0.29, 0.717) is 25.5 Å². The number of hydrogen-bond acceptors (Lipinski definition) is 6. The molecular formula is C12H19FN4O2. The molecule has 2 unspecified atom stereocenters. The molecule has 0 aromatic carbocycles. The van der Waals surface area contributed by atoms with Crippen molar-refractivity contribution in [2.45, 2.75) is 32.0 Å². The van der Waals surface area contributed by atoms with Gasteiger partial charge in [-0.05, 0) is 13.8 Å². The molecule has 0 amide bonds. The van der Waals surface area contributed by atoms with Crippen LogP contribution in [0.15, 0.2) is 6.20 Å². The van der Waals surface area contributed by atoms with Crippen LogP contribution in [0.3, 0.4) is 0 Å². The van der Waals surface area contributed by atoms with Gasteiger partial charge in [0.1, 0.15) is 5.60 Å². The molecule has 6 nitrogen and oxygen atoms in total. The molecule has 0 aliphatic carbocycles. The summed E-state index contributed by atoms with van der Waals surface area (Å²) in [6.45, 7) is 5.05. The Balaban J connectivity index is 2.04. The Bertz CT molecular complexity index is 446. The third-order valence-electron chi connectivity index (χ3n) is 3.30. The topological polar surface area (TPSA) is 79.3 Å². The van der Waals surface area contributed by atoms with Crippen molar-refractivity contribution in [3.8, 4) is 0 Å². The molecule has 7 heteroatoms. The van der Waals surface area contributed by atoms with Gasteiger partial charge in [0, 0.05) is 26.1 Å². The van der Waals surface area contributed by atoms with Gasteiger partial charge in [0.2, 0.25) is 5.95 Å². The van der Waals surface area contributed by atoms with Crippen LogP contribution in [0.5, 0.6) is 0 Å². The molecule has 2 atom stereocenters. The third kappa shape index (κ3) is 3.10. The maximum Gasteiger partial charge on any atom is 0.224 e. The Morgan fingerprint density at radius 2 is 2.37 bits per heavy atom. The summed E-state index contributed by atoms with van der Waals surface area (Å²) in [5, 5.41) is 16.0. The van der Waals surface area contributed by atoms with Crippen LogP contribution in [-0.2, 0) is 4.74 Å². The van der Waals surface area contributed by atoms with Crippen molar-refractivity contribution in [2.24, 2.45) is 0 Å². The fourth-order valence-corrected chi connectivity index (χ4v) is 1.97. The van der Waals surface area contributed by atoms with Crippen molar-refractivity contribution >= 4 is 11.8 Å². The number of rotatable bonds is 5. The summed E-state index contributed by atoms with van der Waals surface area (Å²) in [5.74, 6) is -0.107. The summed E-state index contributed by atoms with van der Waals surface area (Å²) in [6, 6.07) is 0. The van der Waals surface area contributed by atoms with Gasteiger partial charge in [0.05, 0.1) is 12.3 Å². The van der Waals surface area contributed by atoms with Gasteiger partial charge in [-0.15, -0.1) is 0 Å². The molecule has 106 valence electrons. The Morgan fingerprint density at radius 1 is 1.58 bits per heavy atom. The summed E-state index contributed by atoms with van der Waals surface area (Å²) in [7, 11) is 0. The van der Waals surface area contributed by atoms with Crippen molar-refractivity contribution in [3.63, 3.8) is 0 Å². The lowest BCUT2D eigenvalue weighted by molar-refractivity contribution is -0.0176. The largest absolute Gasteiger partial charge is 0.385 e. The van der Waals surface area contributed by atoms with E-state index in [1.54, 1.807) is 6.92 Å². The molecule has 1 aliphatic rings. The standard InChI is InChI=1S/C12H19FN4O2/c1-3-14-11-15-6-9(13)10(17-11)16-7-12(18)4-5-19-8(12)2/h6,8,18H,3-5,7H2,1-2H3,(H2,14,15,16,17). The number of aliphatic hydroxyl groups is 1. The van der Waals surface area contributed by atoms with E-state index in [1.807, 2.05) is 6.92 Å². The van der Waals surface area contributed by atoms with E-state index in [9.17, 15) is 9.50 Å². The molecular weight excluding hydrogens is 251 g/mol. The van der Waals surface area contributed by atoms with Gasteiger partial charge >= 0.3 is 0 Å². The number of nitrogens with zero attached hydrogens (tertiary/aromatic N) is 2. The first-order valence-corrected chi connectivity index (χ1v) is 6.39. The van der Waals surface area contributed by atoms with Crippen LogP contribution < -0.4 is 10.6 Å². The molecule has 3 N–H and O–H groups in total. The first-order chi connectivity index (χ1) is 9.05. The van der Waals surface area contributed by atoms with Crippen LogP contribution in [0, 0.1) is 5.82 Å². The first kappa shape index (κ1) is 14.0. The van der Waals surface area contributed by atoms with Gasteiger partial charge in [-0.3, -0.25) is 0 Å². The number of hydrogen-bond donors (Lipinski definition) is 3. The first-order valence-electron chi connectivity index (χ1n) is 6.39. The lowest BCUT2D eigenvalue weighted by Crippen LogP contribution is -2.43. The van der Waals surface area contributed by atoms with Crippen LogP contribution in [0.2, 0.25) is 0 Å². The Hall–Kier alpha value is -1.47. The van der Waals surface area contributed by atoms with Gasteiger partial charge in [-0.2, -0.15) is 4.98 Å². The molecule has 1 saturated heterocycles. The molecule has 1 fully saturated rings. The minimum atomic E-state index is -0.990. The van der Waals surface area contributed by atoms with E-state index in [4.69, 9.17) is 4.74 Å². The Kier molecular flexibility index (Phi) is 4.16. The Labute approximate surface area is 111 Å². The molecule has 0 bridgehead atoms. The summed E-state index contributed by atoms with van der Waals surface area (Å²) < 4.78 is 18.9. The minimum absolute atomic E-state index is 0.0819. The van der Waals surface area contributed by atoms with E-state index in [0.717, 1.165) is 6.20 Å². The van der Waals surface area contributed by atoms with Crippen LogP contribution in [0.25, 0.3) is 0 Å². The number of anilines is 2. The van der Waals surface area contributed by atoms with Gasteiger partial charge in [0.15, 0.2) is 11.6 Å². The molecule has 1 aromatic heterocycles. The van der Waals surface area contributed by atoms with Gasteiger partial charge in [-0.25, -0.2) is 9.37 Å². The lowest BCUT2D eigenvalue weighted by atomic mass is 9.97. The zero-order valence-electron chi connectivity index (χ0n) is 11.1. The fraction of sp³-hybridized carbons (Fsp3) is 0.667. The fourth-order valence-electron chi connectivity index (χ4n) is 1.97. The second-order valence-electron chi connectivity index (χ2n) is 4.64. The quantitative estimate of drug-likeness (QED) is 0.741. The summed E-state index contributed by atoms with van der Waals surface area (Å²) >= 11 is 0. The molecule has 19 heavy (non-hydrogen) atoms. The van der Waals surface area contributed by atoms with Crippen LogP contribution >= 0.6 is 0 Å². The van der Waals surface area contributed by atoms with Crippen molar-refractivity contribution < 1.29 is 14.2 Å². The predicted octanol–water partition coefficient (Wildman–Crippen LogP) is 0.999. The minimum Gasteiger partial charge on any atom is -0.385 e. The highest BCUT2D eigenvalue weighted by Crippen LogP contribution is 2.26. The smallest absolute Gasteiger partial charge is 0.224 e. The molecule has 0 radical (unpaired) electrons. The number of nitrogens with one attached hydrogen (secondary N) is 2. The molecule has 2 rings (SSSR count). The van der Waals surface area contributed by atoms with Crippen molar-refractivity contribution in [2.75, 3.05) is 30.3 Å². The van der Waals surface area contributed by atoms with Crippen molar-refractivity contribution in [1.82, 2.24) is 9.97 Å². The van der Waals surface area contributed by atoms with E-state index in [-0.39, 0.29) is 18.5 Å². The normalized spacial score (nSPS) is 26.4. The average Bonchev–Trinajstić information content (AvgIpc) is 2.71. The number of halogens is 1. The zero-order valence-corrected chi connectivity index (χ0v) is 11.1. The zero-order chi connectivity index (χ0) is 13.9. The van der Waals surface area contributed by atoms with Crippen molar-refractivity contribution in [1.29, 1.82) is 0 Å². The molecule has 2 heterocycles. The van der Waals surface area contributed by atoms with E-state index in [1.165, 1.54) is 0 Å².